The van der Waals surface area contributed by atoms with Crippen LogP contribution in [0.5, 0.6) is 0 Å². The molecule has 1 aliphatic heterocycles. The number of hydrogen-bond donors (Lipinski definition) is 2. The van der Waals surface area contributed by atoms with Crippen molar-refractivity contribution < 1.29 is 33.8 Å². The van der Waals surface area contributed by atoms with E-state index >= 15 is 0 Å². The highest BCUT2D eigenvalue weighted by Crippen LogP contribution is 2.49. The van der Waals surface area contributed by atoms with Gasteiger partial charge in [-0.3, -0.25) is 19.2 Å². The van der Waals surface area contributed by atoms with Gasteiger partial charge in [-0.1, -0.05) is 95.7 Å². The Balaban J connectivity index is 2.45. The van der Waals surface area contributed by atoms with Gasteiger partial charge >= 0.3 is 17.9 Å². The Morgan fingerprint density at radius 3 is 1.96 bits per heavy atom. The van der Waals surface area contributed by atoms with Crippen LogP contribution in [0.1, 0.15) is 118 Å². The van der Waals surface area contributed by atoms with Crippen molar-refractivity contribution in [1.29, 1.82) is 0 Å². The van der Waals surface area contributed by atoms with Gasteiger partial charge in [0, 0.05) is 29.9 Å². The monoisotopic (exact) mass is 691 g/mol. The molecule has 1 rings (SSSR count). The summed E-state index contributed by atoms with van der Waals surface area (Å²) >= 11 is 0. The summed E-state index contributed by atoms with van der Waals surface area (Å²) in [7, 11) is 3.78. The minimum absolute atomic E-state index is 0.131. The van der Waals surface area contributed by atoms with Gasteiger partial charge < -0.3 is 19.9 Å². The Hall–Kier alpha value is -2.72. The van der Waals surface area contributed by atoms with Gasteiger partial charge in [-0.15, -0.1) is 0 Å². The van der Waals surface area contributed by atoms with Gasteiger partial charge in [0.05, 0.1) is 6.42 Å². The van der Waals surface area contributed by atoms with Gasteiger partial charge in [0.1, 0.15) is 0 Å². The molecule has 1 unspecified atom stereocenters. The summed E-state index contributed by atoms with van der Waals surface area (Å²) in [6, 6.07) is 0. The van der Waals surface area contributed by atoms with E-state index in [2.05, 4.69) is 73.8 Å². The molecule has 1 heterocycles. The predicted molar refractivity (Wildman–Crippen MR) is 195 cm³/mol. The second kappa shape index (κ2) is 25.3. The van der Waals surface area contributed by atoms with Crippen molar-refractivity contribution in [2.24, 2.45) is 0 Å². The van der Waals surface area contributed by atoms with Crippen LogP contribution in [-0.4, -0.2) is 57.7 Å². The number of carbonyl (C=O) groups excluding carboxylic acids is 3. The van der Waals surface area contributed by atoms with E-state index in [-0.39, 0.29) is 30.6 Å². The second-order valence-electron chi connectivity index (χ2n) is 12.3. The maximum atomic E-state index is 13.0. The number of aliphatic carboxylic acids is 1. The molecular weight excluding hydrogens is 635 g/mol. The van der Waals surface area contributed by atoms with E-state index < -0.39 is 35.5 Å². The SMILES string of the molecule is CCC=CCC=CCC=CCC=CCC=CCCCC(=O)OC(C)(C)C(OC(=O)CCCC[C@]1(C)CCSS1)C(=O)NCCC(=O)O. The van der Waals surface area contributed by atoms with Crippen LogP contribution in [0.15, 0.2) is 60.8 Å². The van der Waals surface area contributed by atoms with Gasteiger partial charge in [0.25, 0.3) is 5.91 Å². The fourth-order valence-electron chi connectivity index (χ4n) is 4.64. The molecule has 0 aromatic rings. The Kier molecular flexibility index (Phi) is 22.8. The Bertz CT molecular complexity index is 1090. The van der Waals surface area contributed by atoms with Gasteiger partial charge in [-0.25, -0.2) is 0 Å². The highest BCUT2D eigenvalue weighted by Gasteiger charge is 2.42. The lowest BCUT2D eigenvalue weighted by Gasteiger charge is -2.32. The van der Waals surface area contributed by atoms with Crippen molar-refractivity contribution in [1.82, 2.24) is 5.32 Å². The fourth-order valence-corrected chi connectivity index (χ4v) is 7.93. The summed E-state index contributed by atoms with van der Waals surface area (Å²) in [6.45, 7) is 7.30. The molecule has 1 saturated heterocycles. The number of hydrogen-bond acceptors (Lipinski definition) is 8. The third-order valence-corrected chi connectivity index (χ3v) is 10.7. The maximum absolute atomic E-state index is 13.0. The number of esters is 2. The smallest absolute Gasteiger partial charge is 0.306 e. The summed E-state index contributed by atoms with van der Waals surface area (Å²) in [4.78, 5) is 49.3. The first kappa shape index (κ1) is 42.3. The summed E-state index contributed by atoms with van der Waals surface area (Å²) < 4.78 is 11.4. The number of carbonyl (C=O) groups is 4. The average molecular weight is 692 g/mol. The van der Waals surface area contributed by atoms with E-state index in [1.807, 2.05) is 27.7 Å². The van der Waals surface area contributed by atoms with Gasteiger partial charge in [-0.2, -0.15) is 0 Å². The molecule has 0 radical (unpaired) electrons. The average Bonchev–Trinajstić information content (AvgIpc) is 3.45. The molecule has 1 aliphatic rings. The van der Waals surface area contributed by atoms with Gasteiger partial charge in [0.15, 0.2) is 5.60 Å². The second-order valence-corrected chi connectivity index (χ2v) is 15.3. The summed E-state index contributed by atoms with van der Waals surface area (Å²) in [6.07, 6.45) is 29.6. The highest BCUT2D eigenvalue weighted by atomic mass is 33.1. The first-order valence-electron chi connectivity index (χ1n) is 17.0. The third-order valence-electron chi connectivity index (χ3n) is 7.35. The van der Waals surface area contributed by atoms with Crippen LogP contribution in [-0.2, 0) is 28.7 Å². The molecule has 1 amide bonds. The summed E-state index contributed by atoms with van der Waals surface area (Å²) in [5.74, 6) is -1.67. The number of allylic oxidation sites excluding steroid dienone is 10. The van der Waals surface area contributed by atoms with Crippen LogP contribution >= 0.6 is 21.6 Å². The molecule has 10 heteroatoms. The minimum Gasteiger partial charge on any atom is -0.481 e. The van der Waals surface area contributed by atoms with E-state index in [0.717, 1.165) is 57.1 Å². The topological polar surface area (TPSA) is 119 Å². The molecule has 8 nitrogen and oxygen atoms in total. The largest absolute Gasteiger partial charge is 0.481 e. The molecule has 264 valence electrons. The van der Waals surface area contributed by atoms with E-state index in [9.17, 15) is 19.2 Å². The first-order valence-corrected chi connectivity index (χ1v) is 19.3. The minimum atomic E-state index is -1.44. The standard InChI is InChI=1S/C37H57NO7S2/c1-5-6-7-8-9-10-11-12-13-14-15-16-17-18-19-20-21-25-33(42)45-36(2,3)34(35(43)38-29-26-31(39)40)44-32(41)24-22-23-27-37(4)28-30-46-47-37/h6-7,9-10,12-13,15-16,18-19,34H,5,8,11,14,17,20-30H2,1-4H3,(H,38,43)(H,39,40)/t34?,37-/m1/s1. The molecule has 0 spiro atoms. The molecule has 0 aromatic carbocycles. The molecule has 2 atom stereocenters. The number of amides is 1. The Labute approximate surface area is 290 Å². The van der Waals surface area contributed by atoms with Gasteiger partial charge in [0.2, 0.25) is 6.10 Å². The van der Waals surface area contributed by atoms with Crippen molar-refractivity contribution in [2.45, 2.75) is 134 Å². The van der Waals surface area contributed by atoms with Crippen molar-refractivity contribution in [3.05, 3.63) is 60.8 Å². The Morgan fingerprint density at radius 1 is 0.830 bits per heavy atom. The molecule has 0 saturated carbocycles. The quantitative estimate of drug-likeness (QED) is 0.0419. The predicted octanol–water partition coefficient (Wildman–Crippen LogP) is 8.84. The zero-order valence-corrected chi connectivity index (χ0v) is 30.5. The molecule has 47 heavy (non-hydrogen) atoms. The van der Waals surface area contributed by atoms with E-state index in [0.29, 0.717) is 19.3 Å². The summed E-state index contributed by atoms with van der Waals surface area (Å²) in [5, 5.41) is 11.4. The van der Waals surface area contributed by atoms with Crippen molar-refractivity contribution in [2.75, 3.05) is 12.3 Å². The van der Waals surface area contributed by atoms with E-state index in [4.69, 9.17) is 14.6 Å². The van der Waals surface area contributed by atoms with E-state index in [1.165, 1.54) is 13.8 Å². The highest BCUT2D eigenvalue weighted by molar-refractivity contribution is 8.77. The number of ether oxygens (including phenoxy) is 2. The Morgan fingerprint density at radius 2 is 1.40 bits per heavy atom. The van der Waals surface area contributed by atoms with E-state index in [1.54, 1.807) is 0 Å². The van der Waals surface area contributed by atoms with Crippen molar-refractivity contribution in [3.8, 4) is 0 Å². The number of nitrogens with one attached hydrogen (secondary N) is 1. The van der Waals surface area contributed by atoms with Crippen LogP contribution in [0.4, 0.5) is 0 Å². The summed E-state index contributed by atoms with van der Waals surface area (Å²) in [5.41, 5.74) is -1.44. The van der Waals surface area contributed by atoms with Crippen LogP contribution in [0.25, 0.3) is 0 Å². The normalized spacial score (nSPS) is 17.8. The van der Waals surface area contributed by atoms with Crippen LogP contribution in [0, 0.1) is 0 Å². The first-order chi connectivity index (χ1) is 22.5. The molecule has 0 bridgehead atoms. The van der Waals surface area contributed by atoms with Gasteiger partial charge in [-0.05, 0) is 85.0 Å². The molecule has 0 aromatic heterocycles. The van der Waals surface area contributed by atoms with Crippen LogP contribution in [0.2, 0.25) is 0 Å². The number of rotatable bonds is 25. The lowest BCUT2D eigenvalue weighted by molar-refractivity contribution is -0.184. The van der Waals surface area contributed by atoms with Crippen molar-refractivity contribution >= 4 is 45.4 Å². The molecule has 1 fully saturated rings. The molecule has 2 N–H and O–H groups in total. The lowest BCUT2D eigenvalue weighted by Crippen LogP contribution is -2.53. The third kappa shape index (κ3) is 21.7. The molecule has 0 aliphatic carbocycles. The van der Waals surface area contributed by atoms with Crippen LogP contribution < -0.4 is 5.32 Å². The lowest BCUT2D eigenvalue weighted by atomic mass is 9.99. The molecular formula is C37H57NO7S2. The maximum Gasteiger partial charge on any atom is 0.306 e. The zero-order valence-electron chi connectivity index (χ0n) is 28.9. The van der Waals surface area contributed by atoms with Crippen molar-refractivity contribution in [3.63, 3.8) is 0 Å². The number of carboxylic acid groups (broad SMARTS) is 1. The number of carboxylic acids is 1. The van der Waals surface area contributed by atoms with Crippen LogP contribution in [0.3, 0.4) is 0 Å². The fraction of sp³-hybridized carbons (Fsp3) is 0.622. The number of unbranched alkanes of at least 4 members (excludes halogenated alkanes) is 2. The zero-order chi connectivity index (χ0) is 34.8.